The number of nitrogens with zero attached hydrogens (tertiary/aromatic N) is 1. The van der Waals surface area contributed by atoms with Crippen molar-refractivity contribution in [2.24, 2.45) is 0 Å². The molecule has 228 valence electrons. The fourth-order valence-electron chi connectivity index (χ4n) is 8.18. The highest BCUT2D eigenvalue weighted by Gasteiger charge is 2.20. The van der Waals surface area contributed by atoms with Crippen LogP contribution in [0.2, 0.25) is 0 Å². The van der Waals surface area contributed by atoms with Crippen LogP contribution in [-0.2, 0) is 0 Å². The standard InChI is InChI=1S/C46H27NO2/c1-2-10-31(11-3-1)47-39-17-9-8-12-32(39)37-26-29(18-21-40(37)47)43-33-13-4-6-15-35(33)44(36-16-7-5-14-34(36)43)30-20-22-41-38(27-30)45-42(49-41)23-19-28-24-25-48-46(28)45/h1-27H. The number of benzene rings is 8. The second kappa shape index (κ2) is 9.96. The van der Waals surface area contributed by atoms with Gasteiger partial charge in [-0.3, -0.25) is 0 Å². The van der Waals surface area contributed by atoms with Gasteiger partial charge in [0.05, 0.1) is 22.7 Å². The van der Waals surface area contributed by atoms with Gasteiger partial charge in [-0.15, -0.1) is 0 Å². The zero-order chi connectivity index (χ0) is 32.1. The van der Waals surface area contributed by atoms with Crippen molar-refractivity contribution in [1.82, 2.24) is 4.57 Å². The Bertz CT molecular complexity index is 3050. The molecule has 3 heteroatoms. The summed E-state index contributed by atoms with van der Waals surface area (Å²) in [6.07, 6.45) is 1.75. The highest BCUT2D eigenvalue weighted by atomic mass is 16.3. The first kappa shape index (κ1) is 26.5. The molecule has 0 unspecified atom stereocenters. The molecular formula is C46H27NO2. The fraction of sp³-hybridized carbons (Fsp3) is 0. The van der Waals surface area contributed by atoms with E-state index in [-0.39, 0.29) is 0 Å². The van der Waals surface area contributed by atoms with Crippen LogP contribution < -0.4 is 0 Å². The Labute approximate surface area is 280 Å². The van der Waals surface area contributed by atoms with Crippen LogP contribution in [0.1, 0.15) is 0 Å². The summed E-state index contributed by atoms with van der Waals surface area (Å²) >= 11 is 0. The van der Waals surface area contributed by atoms with E-state index < -0.39 is 0 Å². The van der Waals surface area contributed by atoms with Gasteiger partial charge in [-0.1, -0.05) is 97.1 Å². The SMILES string of the molecule is c1ccc(-n2c3ccccc3c3cc(-c4c5ccccc5c(-c5ccc6oc7ccc8ccoc8c7c6c5)c5ccccc45)ccc32)cc1. The molecule has 0 aliphatic carbocycles. The number of rotatable bonds is 3. The normalized spacial score (nSPS) is 12.1. The Kier molecular flexibility index (Phi) is 5.38. The Hall–Kier alpha value is -6.58. The van der Waals surface area contributed by atoms with Crippen LogP contribution in [0.5, 0.6) is 0 Å². The second-order valence-electron chi connectivity index (χ2n) is 12.9. The molecule has 0 aliphatic rings. The molecule has 3 nitrogen and oxygen atoms in total. The summed E-state index contributed by atoms with van der Waals surface area (Å²) in [5.41, 5.74) is 11.0. The van der Waals surface area contributed by atoms with Crippen LogP contribution in [0, 0.1) is 0 Å². The summed E-state index contributed by atoms with van der Waals surface area (Å²) < 4.78 is 14.7. The molecule has 49 heavy (non-hydrogen) atoms. The van der Waals surface area contributed by atoms with Gasteiger partial charge >= 0.3 is 0 Å². The van der Waals surface area contributed by atoms with Crippen LogP contribution in [0.15, 0.2) is 173 Å². The number of aromatic nitrogens is 1. The fourth-order valence-corrected chi connectivity index (χ4v) is 8.18. The van der Waals surface area contributed by atoms with Gasteiger partial charge < -0.3 is 13.4 Å². The van der Waals surface area contributed by atoms with Crippen LogP contribution in [0.25, 0.3) is 104 Å². The summed E-state index contributed by atoms with van der Waals surface area (Å²) in [7, 11) is 0. The number of fused-ring (bicyclic) bond motifs is 10. The molecule has 0 radical (unpaired) electrons. The number of hydrogen-bond donors (Lipinski definition) is 0. The molecule has 0 saturated heterocycles. The zero-order valence-electron chi connectivity index (χ0n) is 26.4. The minimum atomic E-state index is 0.837. The van der Waals surface area contributed by atoms with E-state index in [2.05, 4.69) is 150 Å². The third kappa shape index (κ3) is 3.73. The highest BCUT2D eigenvalue weighted by Crippen LogP contribution is 2.46. The topological polar surface area (TPSA) is 31.2 Å². The summed E-state index contributed by atoms with van der Waals surface area (Å²) in [6, 6.07) is 56.7. The molecule has 0 bridgehead atoms. The van der Waals surface area contributed by atoms with E-state index in [9.17, 15) is 0 Å². The molecule has 0 atom stereocenters. The van der Waals surface area contributed by atoms with E-state index >= 15 is 0 Å². The Morgan fingerprint density at radius 2 is 0.980 bits per heavy atom. The molecule has 3 heterocycles. The quantitative estimate of drug-likeness (QED) is 0.183. The first-order valence-electron chi connectivity index (χ1n) is 16.7. The molecular weight excluding hydrogens is 599 g/mol. The summed E-state index contributed by atoms with van der Waals surface area (Å²) in [5.74, 6) is 0. The molecule has 0 spiro atoms. The van der Waals surface area contributed by atoms with Crippen LogP contribution in [0.3, 0.4) is 0 Å². The van der Waals surface area contributed by atoms with Gasteiger partial charge in [0.2, 0.25) is 0 Å². The van der Waals surface area contributed by atoms with Crippen LogP contribution in [0.4, 0.5) is 0 Å². The largest absolute Gasteiger partial charge is 0.464 e. The van der Waals surface area contributed by atoms with E-state index in [0.29, 0.717) is 0 Å². The van der Waals surface area contributed by atoms with E-state index in [1.807, 2.05) is 12.1 Å². The molecule has 11 aromatic rings. The van der Waals surface area contributed by atoms with E-state index in [1.165, 1.54) is 60.0 Å². The van der Waals surface area contributed by atoms with Crippen molar-refractivity contribution >= 4 is 76.3 Å². The molecule has 0 saturated carbocycles. The van der Waals surface area contributed by atoms with Crippen molar-refractivity contribution in [1.29, 1.82) is 0 Å². The maximum absolute atomic E-state index is 6.31. The van der Waals surface area contributed by atoms with E-state index in [1.54, 1.807) is 6.26 Å². The Balaban J connectivity index is 1.20. The van der Waals surface area contributed by atoms with E-state index in [0.717, 1.165) is 44.2 Å². The first-order chi connectivity index (χ1) is 24.3. The average Bonchev–Trinajstić information content (AvgIpc) is 3.87. The Morgan fingerprint density at radius 3 is 1.69 bits per heavy atom. The molecule has 0 amide bonds. The highest BCUT2D eigenvalue weighted by molar-refractivity contribution is 6.24. The van der Waals surface area contributed by atoms with Gasteiger partial charge in [-0.25, -0.2) is 0 Å². The summed E-state index contributed by atoms with van der Waals surface area (Å²) in [4.78, 5) is 0. The van der Waals surface area contributed by atoms with Gasteiger partial charge in [0.15, 0.2) is 0 Å². The second-order valence-corrected chi connectivity index (χ2v) is 12.9. The molecule has 11 rings (SSSR count). The van der Waals surface area contributed by atoms with Crippen molar-refractivity contribution in [2.45, 2.75) is 0 Å². The van der Waals surface area contributed by atoms with E-state index in [4.69, 9.17) is 8.83 Å². The van der Waals surface area contributed by atoms with Crippen molar-refractivity contribution in [3.63, 3.8) is 0 Å². The van der Waals surface area contributed by atoms with Gasteiger partial charge in [-0.2, -0.15) is 0 Å². The smallest absolute Gasteiger partial charge is 0.145 e. The van der Waals surface area contributed by atoms with Crippen LogP contribution in [-0.4, -0.2) is 4.57 Å². The van der Waals surface area contributed by atoms with Gasteiger partial charge in [-0.05, 0) is 104 Å². The maximum Gasteiger partial charge on any atom is 0.145 e. The third-order valence-electron chi connectivity index (χ3n) is 10.2. The molecule has 3 aromatic heterocycles. The molecule has 8 aromatic carbocycles. The summed E-state index contributed by atoms with van der Waals surface area (Å²) in [5, 5.41) is 10.6. The predicted octanol–water partition coefficient (Wildman–Crippen LogP) is 13.1. The lowest BCUT2D eigenvalue weighted by Crippen LogP contribution is -1.93. The average molecular weight is 626 g/mol. The van der Waals surface area contributed by atoms with Gasteiger partial charge in [0.1, 0.15) is 16.7 Å². The zero-order valence-corrected chi connectivity index (χ0v) is 26.4. The minimum Gasteiger partial charge on any atom is -0.464 e. The maximum atomic E-state index is 6.31. The van der Waals surface area contributed by atoms with Crippen molar-refractivity contribution in [2.75, 3.05) is 0 Å². The lowest BCUT2D eigenvalue weighted by atomic mass is 9.85. The van der Waals surface area contributed by atoms with Gasteiger partial charge in [0.25, 0.3) is 0 Å². The molecule has 0 N–H and O–H groups in total. The number of para-hydroxylation sites is 2. The predicted molar refractivity (Wildman–Crippen MR) is 204 cm³/mol. The minimum absolute atomic E-state index is 0.837. The third-order valence-corrected chi connectivity index (χ3v) is 10.2. The lowest BCUT2D eigenvalue weighted by Gasteiger charge is -2.18. The number of furan rings is 2. The van der Waals surface area contributed by atoms with Crippen molar-refractivity contribution < 1.29 is 8.83 Å². The molecule has 0 fully saturated rings. The van der Waals surface area contributed by atoms with Crippen molar-refractivity contribution in [3.05, 3.63) is 164 Å². The van der Waals surface area contributed by atoms with Crippen LogP contribution >= 0.6 is 0 Å². The number of hydrogen-bond acceptors (Lipinski definition) is 2. The lowest BCUT2D eigenvalue weighted by molar-refractivity contribution is 0.618. The van der Waals surface area contributed by atoms with Gasteiger partial charge in [0, 0.05) is 27.2 Å². The monoisotopic (exact) mass is 625 g/mol. The van der Waals surface area contributed by atoms with Crippen molar-refractivity contribution in [3.8, 4) is 27.9 Å². The first-order valence-corrected chi connectivity index (χ1v) is 16.7. The Morgan fingerprint density at radius 1 is 0.408 bits per heavy atom. The molecule has 0 aliphatic heterocycles. The summed E-state index contributed by atoms with van der Waals surface area (Å²) in [6.45, 7) is 0.